The van der Waals surface area contributed by atoms with Crippen LogP contribution in [-0.4, -0.2) is 28.5 Å². The Morgan fingerprint density at radius 1 is 1.06 bits per heavy atom. The molecule has 2 aromatic carbocycles. The zero-order chi connectivity index (χ0) is 23.7. The normalized spacial score (nSPS) is 10.9. The fraction of sp³-hybridized carbons (Fsp3) is 0.200. The molecule has 0 saturated carbocycles. The third-order valence-corrected chi connectivity index (χ3v) is 6.57. The smallest absolute Gasteiger partial charge is 0.337 e. The van der Waals surface area contributed by atoms with Gasteiger partial charge in [-0.05, 0) is 61.7 Å². The number of methoxy groups -OCH3 is 1. The summed E-state index contributed by atoms with van der Waals surface area (Å²) in [6.07, 6.45) is 1.41. The van der Waals surface area contributed by atoms with Crippen molar-refractivity contribution in [2.45, 2.75) is 27.3 Å². The van der Waals surface area contributed by atoms with E-state index in [1.54, 1.807) is 24.3 Å². The van der Waals surface area contributed by atoms with E-state index in [1.165, 1.54) is 34.9 Å². The van der Waals surface area contributed by atoms with Crippen LogP contribution < -0.4 is 10.9 Å². The number of amides is 1. The Hall–Kier alpha value is -3.78. The molecule has 1 N–H and O–H groups in total. The number of thiophene rings is 1. The van der Waals surface area contributed by atoms with Crippen molar-refractivity contribution in [3.8, 4) is 11.1 Å². The maximum Gasteiger partial charge on any atom is 0.337 e. The van der Waals surface area contributed by atoms with Crippen LogP contribution in [0.25, 0.3) is 21.3 Å². The Morgan fingerprint density at radius 2 is 1.79 bits per heavy atom. The molecule has 0 aliphatic carbocycles. The summed E-state index contributed by atoms with van der Waals surface area (Å²) in [6.45, 7) is 5.89. The number of anilines is 1. The summed E-state index contributed by atoms with van der Waals surface area (Å²) in [5.41, 5.74) is 4.80. The molecule has 168 valence electrons. The highest BCUT2D eigenvalue weighted by molar-refractivity contribution is 7.19. The minimum Gasteiger partial charge on any atom is -0.465 e. The fourth-order valence-electron chi connectivity index (χ4n) is 3.66. The minimum absolute atomic E-state index is 0.179. The third-order valence-electron chi connectivity index (χ3n) is 5.55. The molecule has 8 heteroatoms. The number of rotatable bonds is 5. The molecule has 7 nitrogen and oxygen atoms in total. The number of fused-ring (bicyclic) bond motifs is 1. The molecule has 1 amide bonds. The molecule has 2 aromatic heterocycles. The Kier molecular flexibility index (Phi) is 6.11. The Morgan fingerprint density at radius 3 is 2.45 bits per heavy atom. The molecule has 33 heavy (non-hydrogen) atoms. The SMILES string of the molecule is COC(=O)c1ccc(NC(=O)Cn2cnc3sc(C)c(-c4ccc(C)c(C)c4)c3c2=O)cc1. The van der Waals surface area contributed by atoms with Crippen molar-refractivity contribution in [1.82, 2.24) is 9.55 Å². The maximum atomic E-state index is 13.3. The van der Waals surface area contributed by atoms with Gasteiger partial charge in [0.2, 0.25) is 5.91 Å². The summed E-state index contributed by atoms with van der Waals surface area (Å²) in [4.78, 5) is 43.6. The van der Waals surface area contributed by atoms with Crippen LogP contribution in [0.1, 0.15) is 26.4 Å². The Bertz CT molecular complexity index is 1430. The Labute approximate surface area is 194 Å². The second-order valence-corrected chi connectivity index (χ2v) is 9.01. The van der Waals surface area contributed by atoms with Crippen LogP contribution in [0.3, 0.4) is 0 Å². The highest BCUT2D eigenvalue weighted by Crippen LogP contribution is 2.36. The van der Waals surface area contributed by atoms with E-state index in [-0.39, 0.29) is 18.0 Å². The zero-order valence-electron chi connectivity index (χ0n) is 18.8. The monoisotopic (exact) mass is 461 g/mol. The van der Waals surface area contributed by atoms with Gasteiger partial charge < -0.3 is 10.1 Å². The van der Waals surface area contributed by atoms with Crippen LogP contribution in [0.5, 0.6) is 0 Å². The average Bonchev–Trinajstić information content (AvgIpc) is 3.14. The van der Waals surface area contributed by atoms with Crippen LogP contribution in [-0.2, 0) is 16.1 Å². The van der Waals surface area contributed by atoms with Crippen molar-refractivity contribution in [3.63, 3.8) is 0 Å². The topological polar surface area (TPSA) is 90.3 Å². The van der Waals surface area contributed by atoms with E-state index in [0.29, 0.717) is 21.5 Å². The summed E-state index contributed by atoms with van der Waals surface area (Å²) >= 11 is 1.47. The lowest BCUT2D eigenvalue weighted by Crippen LogP contribution is -2.27. The zero-order valence-corrected chi connectivity index (χ0v) is 19.6. The number of nitrogens with zero attached hydrogens (tertiary/aromatic N) is 2. The van der Waals surface area contributed by atoms with Gasteiger partial charge in [0.1, 0.15) is 11.4 Å². The van der Waals surface area contributed by atoms with Crippen molar-refractivity contribution >= 4 is 39.1 Å². The molecular formula is C25H23N3O4S. The number of ether oxygens (including phenoxy) is 1. The van der Waals surface area contributed by atoms with E-state index in [9.17, 15) is 14.4 Å². The number of carbonyl (C=O) groups excluding carboxylic acids is 2. The number of benzene rings is 2. The predicted octanol–water partition coefficient (Wildman–Crippen LogP) is 4.48. The first kappa shape index (κ1) is 22.4. The largest absolute Gasteiger partial charge is 0.465 e. The van der Waals surface area contributed by atoms with E-state index < -0.39 is 5.97 Å². The van der Waals surface area contributed by atoms with Crippen molar-refractivity contribution in [1.29, 1.82) is 0 Å². The number of aryl methyl sites for hydroxylation is 3. The lowest BCUT2D eigenvalue weighted by molar-refractivity contribution is -0.116. The number of nitrogens with one attached hydrogen (secondary N) is 1. The number of carbonyl (C=O) groups is 2. The van der Waals surface area contributed by atoms with Crippen molar-refractivity contribution in [2.24, 2.45) is 0 Å². The molecule has 0 bridgehead atoms. The van der Waals surface area contributed by atoms with Crippen molar-refractivity contribution in [3.05, 3.63) is 80.7 Å². The molecule has 0 unspecified atom stereocenters. The average molecular weight is 462 g/mol. The second kappa shape index (κ2) is 8.99. The molecule has 0 atom stereocenters. The van der Waals surface area contributed by atoms with Gasteiger partial charge in [0, 0.05) is 16.1 Å². The molecule has 0 spiro atoms. The van der Waals surface area contributed by atoms with Gasteiger partial charge in [-0.15, -0.1) is 11.3 Å². The van der Waals surface area contributed by atoms with E-state index in [4.69, 9.17) is 0 Å². The number of hydrogen-bond donors (Lipinski definition) is 1. The second-order valence-electron chi connectivity index (χ2n) is 7.81. The number of esters is 1. The van der Waals surface area contributed by atoms with E-state index >= 15 is 0 Å². The maximum absolute atomic E-state index is 13.3. The third kappa shape index (κ3) is 4.42. The van der Waals surface area contributed by atoms with Crippen molar-refractivity contribution in [2.75, 3.05) is 12.4 Å². The molecular weight excluding hydrogens is 438 g/mol. The lowest BCUT2D eigenvalue weighted by atomic mass is 9.99. The highest BCUT2D eigenvalue weighted by atomic mass is 32.1. The van der Waals surface area contributed by atoms with Crippen LogP contribution in [0.4, 0.5) is 5.69 Å². The van der Waals surface area contributed by atoms with Gasteiger partial charge in [0.15, 0.2) is 0 Å². The minimum atomic E-state index is -0.454. The first-order chi connectivity index (χ1) is 15.8. The summed E-state index contributed by atoms with van der Waals surface area (Å²) in [6, 6.07) is 12.5. The quantitative estimate of drug-likeness (QED) is 0.443. The van der Waals surface area contributed by atoms with Crippen LogP contribution >= 0.6 is 11.3 Å². The van der Waals surface area contributed by atoms with Gasteiger partial charge in [0.05, 0.1) is 24.4 Å². The fourth-order valence-corrected chi connectivity index (χ4v) is 4.66. The first-order valence-electron chi connectivity index (χ1n) is 10.3. The first-order valence-corrected chi connectivity index (χ1v) is 11.1. The van der Waals surface area contributed by atoms with Crippen LogP contribution in [0, 0.1) is 20.8 Å². The van der Waals surface area contributed by atoms with E-state index in [2.05, 4.69) is 21.1 Å². The van der Waals surface area contributed by atoms with Gasteiger partial charge in [-0.2, -0.15) is 0 Å². The van der Waals surface area contributed by atoms with Gasteiger partial charge in [-0.25, -0.2) is 9.78 Å². The van der Waals surface area contributed by atoms with Gasteiger partial charge in [-0.3, -0.25) is 14.2 Å². The van der Waals surface area contributed by atoms with Gasteiger partial charge in [0.25, 0.3) is 5.56 Å². The van der Waals surface area contributed by atoms with Crippen LogP contribution in [0.15, 0.2) is 53.6 Å². The molecule has 0 saturated heterocycles. The summed E-state index contributed by atoms with van der Waals surface area (Å²) < 4.78 is 5.99. The Balaban J connectivity index is 1.63. The lowest BCUT2D eigenvalue weighted by Gasteiger charge is -2.09. The molecule has 0 aliphatic rings. The molecule has 4 aromatic rings. The van der Waals surface area contributed by atoms with Gasteiger partial charge >= 0.3 is 5.97 Å². The molecule has 0 radical (unpaired) electrons. The summed E-state index contributed by atoms with van der Waals surface area (Å²) in [5, 5.41) is 3.27. The molecule has 0 aliphatic heterocycles. The van der Waals surface area contributed by atoms with E-state index in [1.807, 2.05) is 32.9 Å². The van der Waals surface area contributed by atoms with Gasteiger partial charge in [-0.1, -0.05) is 18.2 Å². The van der Waals surface area contributed by atoms with E-state index in [0.717, 1.165) is 21.6 Å². The summed E-state index contributed by atoms with van der Waals surface area (Å²) in [7, 11) is 1.31. The molecule has 0 fully saturated rings. The predicted molar refractivity (Wildman–Crippen MR) is 130 cm³/mol. The standard InChI is InChI=1S/C25H23N3O4S/c1-14-5-6-18(11-15(14)2)21-16(3)33-23-22(21)24(30)28(13-26-23)12-20(29)27-19-9-7-17(8-10-19)25(31)32-4/h5-11,13H,12H2,1-4H3,(H,27,29). The molecule has 2 heterocycles. The number of aromatic nitrogens is 2. The van der Waals surface area contributed by atoms with Crippen molar-refractivity contribution < 1.29 is 14.3 Å². The highest BCUT2D eigenvalue weighted by Gasteiger charge is 2.18. The van der Waals surface area contributed by atoms with Crippen LogP contribution in [0.2, 0.25) is 0 Å². The molecule has 4 rings (SSSR count). The number of hydrogen-bond acceptors (Lipinski definition) is 6. The summed E-state index contributed by atoms with van der Waals surface area (Å²) in [5.74, 6) is -0.826.